The molecular weight excluding hydrogens is 420 g/mol. The van der Waals surface area contributed by atoms with E-state index >= 15 is 0 Å². The average Bonchev–Trinajstić information content (AvgIpc) is 2.72. The topological polar surface area (TPSA) is 66.5 Å². The second-order valence-electron chi connectivity index (χ2n) is 7.02. The quantitative estimate of drug-likeness (QED) is 0.592. The number of halogens is 1. The maximum Gasteiger partial charge on any atom is 0.241 e. The van der Waals surface area contributed by atoms with Crippen LogP contribution < -0.4 is 9.62 Å². The number of rotatable bonds is 7. The van der Waals surface area contributed by atoms with Crippen molar-refractivity contribution in [3.05, 3.63) is 101 Å². The van der Waals surface area contributed by atoms with E-state index in [-0.39, 0.29) is 6.54 Å². The molecule has 0 saturated heterocycles. The fourth-order valence-electron chi connectivity index (χ4n) is 3.22. The molecule has 30 heavy (non-hydrogen) atoms. The minimum absolute atomic E-state index is 0.351. The van der Waals surface area contributed by atoms with Crippen LogP contribution in [0.2, 0.25) is 5.02 Å². The van der Waals surface area contributed by atoms with Crippen LogP contribution in [0.5, 0.6) is 0 Å². The number of anilines is 1. The summed E-state index contributed by atoms with van der Waals surface area (Å²) in [7, 11) is -3.70. The lowest BCUT2D eigenvalue weighted by molar-refractivity contribution is -0.120. The number of aryl methyl sites for hydroxylation is 1. The normalized spacial score (nSPS) is 11.3. The van der Waals surface area contributed by atoms with E-state index in [2.05, 4.69) is 5.32 Å². The number of nitrogens with one attached hydrogen (secondary N) is 1. The van der Waals surface area contributed by atoms with Crippen LogP contribution in [0.25, 0.3) is 0 Å². The number of sulfonamides is 1. The number of carbonyl (C=O) groups excluding carboxylic acids is 1. The molecule has 0 unspecified atom stereocenters. The Morgan fingerprint density at radius 3 is 2.00 bits per heavy atom. The zero-order valence-corrected chi connectivity index (χ0v) is 18.3. The van der Waals surface area contributed by atoms with Crippen LogP contribution in [0.4, 0.5) is 5.69 Å². The minimum Gasteiger partial charge on any atom is -0.344 e. The Morgan fingerprint density at radius 2 is 1.50 bits per heavy atom. The first-order valence-corrected chi connectivity index (χ1v) is 11.6. The highest BCUT2D eigenvalue weighted by molar-refractivity contribution is 7.92. The number of amides is 1. The molecule has 0 aliphatic heterocycles. The van der Waals surface area contributed by atoms with Crippen LogP contribution in [0.3, 0.4) is 0 Å². The average molecular weight is 443 g/mol. The van der Waals surface area contributed by atoms with Crippen LogP contribution >= 0.6 is 11.6 Å². The van der Waals surface area contributed by atoms with Crippen LogP contribution in [-0.4, -0.2) is 27.1 Å². The first-order valence-electron chi connectivity index (χ1n) is 9.39. The van der Waals surface area contributed by atoms with Crippen LogP contribution in [0, 0.1) is 6.92 Å². The fraction of sp³-hybridized carbons (Fsp3) is 0.174. The smallest absolute Gasteiger partial charge is 0.241 e. The third-order valence-electron chi connectivity index (χ3n) is 4.70. The molecule has 0 spiro atoms. The third-order valence-corrected chi connectivity index (χ3v) is 6.06. The second-order valence-corrected chi connectivity index (χ2v) is 9.37. The van der Waals surface area contributed by atoms with Gasteiger partial charge in [0.05, 0.1) is 18.0 Å². The van der Waals surface area contributed by atoms with E-state index in [0.717, 1.165) is 21.7 Å². The van der Waals surface area contributed by atoms with Gasteiger partial charge in [-0.05, 0) is 35.7 Å². The van der Waals surface area contributed by atoms with Crippen LogP contribution in [0.1, 0.15) is 22.7 Å². The van der Waals surface area contributed by atoms with Gasteiger partial charge in [-0.3, -0.25) is 9.10 Å². The summed E-state index contributed by atoms with van der Waals surface area (Å²) in [5.74, 6) is -0.419. The van der Waals surface area contributed by atoms with E-state index in [9.17, 15) is 13.2 Å². The standard InChI is InChI=1S/C23H23ClN2O3S/c1-17-13-14-20(24)15-21(17)26(30(2,28)29)16-22(27)25-23(18-9-5-3-6-10-18)19-11-7-4-8-12-19/h3-15,23H,16H2,1-2H3,(H,25,27). The highest BCUT2D eigenvalue weighted by atomic mass is 35.5. The number of benzene rings is 3. The Labute approximate surface area is 182 Å². The molecule has 0 radical (unpaired) electrons. The predicted octanol–water partition coefficient (Wildman–Crippen LogP) is 4.32. The molecule has 3 rings (SSSR count). The van der Waals surface area contributed by atoms with Crippen molar-refractivity contribution in [2.24, 2.45) is 0 Å². The largest absolute Gasteiger partial charge is 0.344 e. The van der Waals surface area contributed by atoms with E-state index in [1.54, 1.807) is 25.1 Å². The van der Waals surface area contributed by atoms with Gasteiger partial charge in [-0.2, -0.15) is 0 Å². The molecular formula is C23H23ClN2O3S. The molecule has 0 heterocycles. The molecule has 0 fully saturated rings. The third kappa shape index (κ3) is 5.40. The summed E-state index contributed by atoms with van der Waals surface area (Å²) in [4.78, 5) is 13.0. The van der Waals surface area contributed by atoms with Gasteiger partial charge < -0.3 is 5.32 Å². The molecule has 0 bridgehead atoms. The molecule has 7 heteroatoms. The van der Waals surface area contributed by atoms with E-state index in [4.69, 9.17) is 11.6 Å². The second kappa shape index (κ2) is 9.32. The molecule has 0 aliphatic carbocycles. The van der Waals surface area contributed by atoms with Gasteiger partial charge in [0.2, 0.25) is 15.9 Å². The minimum atomic E-state index is -3.70. The lowest BCUT2D eigenvalue weighted by Crippen LogP contribution is -2.42. The molecule has 1 amide bonds. The first kappa shape index (κ1) is 21.9. The number of hydrogen-bond donors (Lipinski definition) is 1. The Kier molecular flexibility index (Phi) is 6.80. The molecule has 0 atom stereocenters. The molecule has 3 aromatic rings. The molecule has 0 aliphatic rings. The van der Waals surface area contributed by atoms with Gasteiger partial charge in [0.1, 0.15) is 6.54 Å². The summed E-state index contributed by atoms with van der Waals surface area (Å²) >= 11 is 6.07. The Hall–Kier alpha value is -2.83. The fourth-order valence-corrected chi connectivity index (χ4v) is 4.29. The maximum atomic E-state index is 13.0. The van der Waals surface area contributed by atoms with Gasteiger partial charge in [0.15, 0.2) is 0 Å². The van der Waals surface area contributed by atoms with Gasteiger partial charge in [-0.25, -0.2) is 8.42 Å². The van der Waals surface area contributed by atoms with Gasteiger partial charge in [0, 0.05) is 5.02 Å². The molecule has 5 nitrogen and oxygen atoms in total. The number of nitrogens with zero attached hydrogens (tertiary/aromatic N) is 1. The predicted molar refractivity (Wildman–Crippen MR) is 121 cm³/mol. The maximum absolute atomic E-state index is 13.0. The summed E-state index contributed by atoms with van der Waals surface area (Å²) in [5.41, 5.74) is 2.90. The van der Waals surface area contributed by atoms with E-state index < -0.39 is 22.0 Å². The van der Waals surface area contributed by atoms with Gasteiger partial charge in [0.25, 0.3) is 0 Å². The number of carbonyl (C=O) groups is 1. The lowest BCUT2D eigenvalue weighted by Gasteiger charge is -2.26. The van der Waals surface area contributed by atoms with Crippen LogP contribution in [0.15, 0.2) is 78.9 Å². The van der Waals surface area contributed by atoms with Crippen molar-refractivity contribution >= 4 is 33.2 Å². The summed E-state index contributed by atoms with van der Waals surface area (Å²) in [6, 6.07) is 23.7. The summed E-state index contributed by atoms with van der Waals surface area (Å²) in [6.07, 6.45) is 1.08. The van der Waals surface area contributed by atoms with Crippen molar-refractivity contribution in [3.63, 3.8) is 0 Å². The zero-order valence-electron chi connectivity index (χ0n) is 16.7. The molecule has 0 aromatic heterocycles. The summed E-state index contributed by atoms with van der Waals surface area (Å²) in [6.45, 7) is 1.43. The molecule has 156 valence electrons. The van der Waals surface area contributed by atoms with Crippen LogP contribution in [-0.2, 0) is 14.8 Å². The zero-order chi connectivity index (χ0) is 21.7. The summed E-state index contributed by atoms with van der Waals surface area (Å²) < 4.78 is 26.0. The van der Waals surface area contributed by atoms with Crippen molar-refractivity contribution in [1.82, 2.24) is 5.32 Å². The molecule has 3 aromatic carbocycles. The van der Waals surface area contributed by atoms with Gasteiger partial charge in [-0.15, -0.1) is 0 Å². The van der Waals surface area contributed by atoms with E-state index in [1.807, 2.05) is 60.7 Å². The van der Waals surface area contributed by atoms with Crippen molar-refractivity contribution in [1.29, 1.82) is 0 Å². The monoisotopic (exact) mass is 442 g/mol. The van der Waals surface area contributed by atoms with Gasteiger partial charge >= 0.3 is 0 Å². The highest BCUT2D eigenvalue weighted by Crippen LogP contribution is 2.27. The van der Waals surface area contributed by atoms with Gasteiger partial charge in [-0.1, -0.05) is 78.3 Å². The lowest BCUT2D eigenvalue weighted by atomic mass is 9.99. The molecule has 0 saturated carbocycles. The van der Waals surface area contributed by atoms with Crippen molar-refractivity contribution in [2.75, 3.05) is 17.1 Å². The highest BCUT2D eigenvalue weighted by Gasteiger charge is 2.25. The SMILES string of the molecule is Cc1ccc(Cl)cc1N(CC(=O)NC(c1ccccc1)c1ccccc1)S(C)(=O)=O. The van der Waals surface area contributed by atoms with Crippen molar-refractivity contribution < 1.29 is 13.2 Å². The van der Waals surface area contributed by atoms with Crippen molar-refractivity contribution in [3.8, 4) is 0 Å². The summed E-state index contributed by atoms with van der Waals surface area (Å²) in [5, 5.41) is 3.38. The Balaban J connectivity index is 1.90. The Bertz CT molecular complexity index is 1080. The molecule has 1 N–H and O–H groups in total. The van der Waals surface area contributed by atoms with E-state index in [0.29, 0.717) is 16.3 Å². The first-order chi connectivity index (χ1) is 14.3. The Morgan fingerprint density at radius 1 is 0.967 bits per heavy atom. The van der Waals surface area contributed by atoms with E-state index in [1.165, 1.54) is 0 Å². The number of hydrogen-bond acceptors (Lipinski definition) is 3. The van der Waals surface area contributed by atoms with Crippen molar-refractivity contribution in [2.45, 2.75) is 13.0 Å².